The summed E-state index contributed by atoms with van der Waals surface area (Å²) in [4.78, 5) is 1.35. The van der Waals surface area contributed by atoms with E-state index in [9.17, 15) is 0 Å². The van der Waals surface area contributed by atoms with Gasteiger partial charge in [0.15, 0.2) is 0 Å². The fourth-order valence-electron chi connectivity index (χ4n) is 1.83. The highest BCUT2D eigenvalue weighted by atomic mass is 35.5. The van der Waals surface area contributed by atoms with E-state index in [0.717, 1.165) is 11.7 Å². The van der Waals surface area contributed by atoms with E-state index in [1.807, 2.05) is 11.8 Å². The standard InChI is InChI=1S/C13H19NS.ClH/c1-2-15-12-7-5-11(6-8-12)13(14)9-10-3-4-10;/h5-8,10,13H,2-4,9,14H2,1H3;1H/t13-;/m0./s1. The van der Waals surface area contributed by atoms with Gasteiger partial charge < -0.3 is 5.73 Å². The van der Waals surface area contributed by atoms with Crippen LogP contribution in [-0.2, 0) is 0 Å². The summed E-state index contributed by atoms with van der Waals surface area (Å²) in [6, 6.07) is 9.00. The van der Waals surface area contributed by atoms with Gasteiger partial charge in [-0.1, -0.05) is 31.9 Å². The van der Waals surface area contributed by atoms with Crippen LogP contribution in [0.1, 0.15) is 37.8 Å². The fourth-order valence-corrected chi connectivity index (χ4v) is 2.49. The Bertz CT molecular complexity index is 308. The first-order chi connectivity index (χ1) is 7.29. The molecule has 0 unspecified atom stereocenters. The Morgan fingerprint density at radius 3 is 2.44 bits per heavy atom. The lowest BCUT2D eigenvalue weighted by atomic mass is 10.0. The molecule has 1 aromatic carbocycles. The lowest BCUT2D eigenvalue weighted by Crippen LogP contribution is -2.10. The van der Waals surface area contributed by atoms with E-state index in [4.69, 9.17) is 5.73 Å². The minimum atomic E-state index is 0. The largest absolute Gasteiger partial charge is 0.324 e. The van der Waals surface area contributed by atoms with Crippen LogP contribution in [0.2, 0.25) is 0 Å². The molecule has 0 saturated heterocycles. The zero-order valence-electron chi connectivity index (χ0n) is 9.69. The summed E-state index contributed by atoms with van der Waals surface area (Å²) in [5.41, 5.74) is 7.45. The third-order valence-corrected chi connectivity index (χ3v) is 3.80. The molecule has 1 saturated carbocycles. The molecule has 0 heterocycles. The third kappa shape index (κ3) is 4.00. The van der Waals surface area contributed by atoms with Crippen molar-refractivity contribution in [2.24, 2.45) is 11.7 Å². The SMILES string of the molecule is CCSc1ccc([C@@H](N)CC2CC2)cc1.Cl. The van der Waals surface area contributed by atoms with E-state index in [1.54, 1.807) is 0 Å². The zero-order chi connectivity index (χ0) is 10.7. The molecule has 1 nitrogen and oxygen atoms in total. The van der Waals surface area contributed by atoms with Crippen LogP contribution in [0.15, 0.2) is 29.2 Å². The Morgan fingerprint density at radius 1 is 1.31 bits per heavy atom. The molecule has 2 N–H and O–H groups in total. The Labute approximate surface area is 109 Å². The molecular formula is C13H20ClNS. The first-order valence-electron chi connectivity index (χ1n) is 5.78. The average molecular weight is 258 g/mol. The zero-order valence-corrected chi connectivity index (χ0v) is 11.3. The van der Waals surface area contributed by atoms with Crippen molar-refractivity contribution in [2.75, 3.05) is 5.75 Å². The van der Waals surface area contributed by atoms with Crippen molar-refractivity contribution in [1.82, 2.24) is 0 Å². The van der Waals surface area contributed by atoms with E-state index in [1.165, 1.54) is 29.7 Å². The van der Waals surface area contributed by atoms with Crippen LogP contribution < -0.4 is 5.73 Å². The van der Waals surface area contributed by atoms with Crippen molar-refractivity contribution in [3.05, 3.63) is 29.8 Å². The second-order valence-corrected chi connectivity index (χ2v) is 5.63. The molecule has 0 amide bonds. The molecule has 1 aliphatic carbocycles. The van der Waals surface area contributed by atoms with E-state index >= 15 is 0 Å². The highest BCUT2D eigenvalue weighted by molar-refractivity contribution is 7.99. The number of nitrogens with two attached hydrogens (primary N) is 1. The fraction of sp³-hybridized carbons (Fsp3) is 0.538. The van der Waals surface area contributed by atoms with Gasteiger partial charge in [0.2, 0.25) is 0 Å². The van der Waals surface area contributed by atoms with E-state index < -0.39 is 0 Å². The lowest BCUT2D eigenvalue weighted by molar-refractivity contribution is 0.597. The maximum atomic E-state index is 6.15. The molecule has 0 aliphatic heterocycles. The topological polar surface area (TPSA) is 26.0 Å². The van der Waals surface area contributed by atoms with Crippen molar-refractivity contribution >= 4 is 24.2 Å². The first-order valence-corrected chi connectivity index (χ1v) is 6.76. The smallest absolute Gasteiger partial charge is 0.0297 e. The molecule has 0 spiro atoms. The van der Waals surface area contributed by atoms with E-state index in [2.05, 4.69) is 31.2 Å². The summed E-state index contributed by atoms with van der Waals surface area (Å²) in [7, 11) is 0. The molecular weight excluding hydrogens is 238 g/mol. The van der Waals surface area contributed by atoms with E-state index in [-0.39, 0.29) is 18.4 Å². The summed E-state index contributed by atoms with van der Waals surface area (Å²) in [5.74, 6) is 2.04. The summed E-state index contributed by atoms with van der Waals surface area (Å²) in [5, 5.41) is 0. The molecule has 2 rings (SSSR count). The lowest BCUT2D eigenvalue weighted by Gasteiger charge is -2.11. The van der Waals surface area contributed by atoms with Gasteiger partial charge in [-0.25, -0.2) is 0 Å². The molecule has 1 aliphatic rings. The van der Waals surface area contributed by atoms with Gasteiger partial charge >= 0.3 is 0 Å². The van der Waals surface area contributed by atoms with Gasteiger partial charge in [-0.05, 0) is 35.8 Å². The third-order valence-electron chi connectivity index (χ3n) is 2.90. The van der Waals surface area contributed by atoms with Crippen LogP contribution in [0.5, 0.6) is 0 Å². The molecule has 16 heavy (non-hydrogen) atoms. The van der Waals surface area contributed by atoms with Crippen molar-refractivity contribution in [1.29, 1.82) is 0 Å². The van der Waals surface area contributed by atoms with Crippen LogP contribution in [0.3, 0.4) is 0 Å². The van der Waals surface area contributed by atoms with Gasteiger partial charge in [-0.3, -0.25) is 0 Å². The Kier molecular flexibility index (Phi) is 5.67. The Balaban J connectivity index is 0.00000128. The van der Waals surface area contributed by atoms with Gasteiger partial charge in [-0.2, -0.15) is 0 Å². The van der Waals surface area contributed by atoms with E-state index in [0.29, 0.717) is 0 Å². The van der Waals surface area contributed by atoms with Gasteiger partial charge in [0.1, 0.15) is 0 Å². The van der Waals surface area contributed by atoms with Crippen LogP contribution in [0.4, 0.5) is 0 Å². The molecule has 0 aromatic heterocycles. The maximum Gasteiger partial charge on any atom is 0.0297 e. The molecule has 1 aromatic rings. The first kappa shape index (κ1) is 13.9. The summed E-state index contributed by atoms with van der Waals surface area (Å²) in [6.07, 6.45) is 3.94. The number of halogens is 1. The molecule has 0 radical (unpaired) electrons. The van der Waals surface area contributed by atoms with Gasteiger partial charge in [0.25, 0.3) is 0 Å². The molecule has 1 fully saturated rings. The maximum absolute atomic E-state index is 6.15. The highest BCUT2D eigenvalue weighted by Crippen LogP contribution is 2.36. The van der Waals surface area contributed by atoms with Crippen molar-refractivity contribution in [2.45, 2.75) is 37.1 Å². The second-order valence-electron chi connectivity index (χ2n) is 4.29. The van der Waals surface area contributed by atoms with Crippen LogP contribution in [-0.4, -0.2) is 5.75 Å². The monoisotopic (exact) mass is 257 g/mol. The number of thioether (sulfide) groups is 1. The number of rotatable bonds is 5. The predicted molar refractivity (Wildman–Crippen MR) is 74.4 cm³/mol. The second kappa shape index (κ2) is 6.53. The number of hydrogen-bond acceptors (Lipinski definition) is 2. The van der Waals surface area contributed by atoms with Gasteiger partial charge in [-0.15, -0.1) is 24.2 Å². The predicted octanol–water partition coefficient (Wildman–Crippen LogP) is 4.02. The summed E-state index contributed by atoms with van der Waals surface area (Å²) < 4.78 is 0. The summed E-state index contributed by atoms with van der Waals surface area (Å²) in [6.45, 7) is 2.18. The van der Waals surface area contributed by atoms with Gasteiger partial charge in [0.05, 0.1) is 0 Å². The van der Waals surface area contributed by atoms with Crippen molar-refractivity contribution < 1.29 is 0 Å². The van der Waals surface area contributed by atoms with Crippen LogP contribution in [0, 0.1) is 5.92 Å². The van der Waals surface area contributed by atoms with Crippen molar-refractivity contribution in [3.8, 4) is 0 Å². The molecule has 1 atom stereocenters. The highest BCUT2D eigenvalue weighted by Gasteiger charge is 2.24. The number of hydrogen-bond donors (Lipinski definition) is 1. The van der Waals surface area contributed by atoms with Gasteiger partial charge in [0, 0.05) is 10.9 Å². The molecule has 3 heteroatoms. The quantitative estimate of drug-likeness (QED) is 0.807. The van der Waals surface area contributed by atoms with Crippen molar-refractivity contribution in [3.63, 3.8) is 0 Å². The summed E-state index contributed by atoms with van der Waals surface area (Å²) >= 11 is 1.88. The Hall–Kier alpha value is -0.180. The average Bonchev–Trinajstić information content (AvgIpc) is 3.03. The minimum Gasteiger partial charge on any atom is -0.324 e. The molecule has 0 bridgehead atoms. The Morgan fingerprint density at radius 2 is 1.94 bits per heavy atom. The minimum absolute atomic E-state index is 0. The normalized spacial score (nSPS) is 16.6. The van der Waals surface area contributed by atoms with Crippen LogP contribution >= 0.6 is 24.2 Å². The van der Waals surface area contributed by atoms with Crippen LogP contribution in [0.25, 0.3) is 0 Å². The molecule has 90 valence electrons. The number of benzene rings is 1.